The highest BCUT2D eigenvalue weighted by Gasteiger charge is 2.54. The maximum atomic E-state index is 14.4. The predicted molar refractivity (Wildman–Crippen MR) is 180 cm³/mol. The fourth-order valence-corrected chi connectivity index (χ4v) is 7.60. The highest BCUT2D eigenvalue weighted by atomic mass is 16.6. The van der Waals surface area contributed by atoms with Gasteiger partial charge in [0, 0.05) is 25.1 Å². The number of carbonyl (C=O) groups is 4. The molecule has 1 aliphatic heterocycles. The number of rotatable bonds is 12. The molecule has 3 aliphatic carbocycles. The Kier molecular flexibility index (Phi) is 8.53. The lowest BCUT2D eigenvalue weighted by atomic mass is 9.88. The highest BCUT2D eigenvalue weighted by molar-refractivity contribution is 6.03. The molecule has 13 nitrogen and oxygen atoms in total. The van der Waals surface area contributed by atoms with E-state index in [1.807, 2.05) is 44.2 Å². The summed E-state index contributed by atoms with van der Waals surface area (Å²) in [4.78, 5) is 56.8. The maximum Gasteiger partial charge on any atom is 0.318 e. The molecule has 49 heavy (non-hydrogen) atoms. The lowest BCUT2D eigenvalue weighted by Crippen LogP contribution is -2.59. The number of methoxy groups -OCH3 is 1. The first kappa shape index (κ1) is 32.6. The predicted octanol–water partition coefficient (Wildman–Crippen LogP) is 4.09. The number of hydrogen-bond acceptors (Lipinski definition) is 8. The minimum Gasteiger partial charge on any atom is -0.495 e. The van der Waals surface area contributed by atoms with Crippen LogP contribution in [0.25, 0.3) is 0 Å². The van der Waals surface area contributed by atoms with Gasteiger partial charge in [-0.25, -0.2) is 9.42 Å². The number of fused-ring (bicyclic) bond motifs is 1. The van der Waals surface area contributed by atoms with E-state index in [0.717, 1.165) is 36.8 Å². The minimum atomic E-state index is -1.21. The molecule has 3 aromatic rings. The zero-order valence-electron chi connectivity index (χ0n) is 28.2. The van der Waals surface area contributed by atoms with Gasteiger partial charge >= 0.3 is 6.03 Å². The summed E-state index contributed by atoms with van der Waals surface area (Å²) < 4.78 is 10.2. The van der Waals surface area contributed by atoms with Crippen molar-refractivity contribution >= 4 is 35.1 Å². The van der Waals surface area contributed by atoms with E-state index in [9.17, 15) is 19.2 Å². The van der Waals surface area contributed by atoms with Crippen LogP contribution < -0.4 is 26.0 Å². The Balaban J connectivity index is 1.15. The van der Waals surface area contributed by atoms with Crippen LogP contribution in [-0.2, 0) is 22.4 Å². The number of anilines is 2. The Morgan fingerprint density at radius 2 is 1.71 bits per heavy atom. The van der Waals surface area contributed by atoms with Gasteiger partial charge in [0.2, 0.25) is 5.91 Å². The summed E-state index contributed by atoms with van der Waals surface area (Å²) in [6.07, 6.45) is 4.70. The number of carbonyl (C=O) groups excluding carboxylic acids is 4. The van der Waals surface area contributed by atoms with Crippen molar-refractivity contribution in [2.45, 2.75) is 76.9 Å². The van der Waals surface area contributed by atoms with Gasteiger partial charge in [-0.3, -0.25) is 14.4 Å². The third kappa shape index (κ3) is 6.33. The third-order valence-corrected chi connectivity index (χ3v) is 10.6. The van der Waals surface area contributed by atoms with E-state index >= 15 is 0 Å². The molecule has 1 unspecified atom stereocenters. The Morgan fingerprint density at radius 1 is 1.00 bits per heavy atom. The van der Waals surface area contributed by atoms with Crippen LogP contribution in [-0.4, -0.2) is 70.2 Å². The van der Waals surface area contributed by atoms with Gasteiger partial charge in [0.05, 0.1) is 18.8 Å². The van der Waals surface area contributed by atoms with Gasteiger partial charge in [-0.15, -0.1) is 0 Å². The van der Waals surface area contributed by atoms with Crippen LogP contribution >= 0.6 is 0 Å². The van der Waals surface area contributed by atoms with Crippen LogP contribution in [0.2, 0.25) is 0 Å². The van der Waals surface area contributed by atoms with Gasteiger partial charge in [0.1, 0.15) is 23.0 Å². The standard InChI is InChI=1S/C36H43N7O6/c1-19(2)27-18-43(35(47)39-27)36(34(46)38-26-7-5-6-8-28(26)48-4)16-23-13-14-25(15-24(23)17-36)37-33(45)31(29(21-9-10-21)22-11-12-22)40-32(44)30-20(3)41-49-42-30/h5-8,13-15,19,21-22,27,29,31H,9-12,16-18H2,1-4H3,(H,37,45)(H,38,46)(H,39,47)(H,40,44)/t27-,31-,36?/m0/s1. The fraction of sp³-hybridized carbons (Fsp3) is 0.500. The smallest absolute Gasteiger partial charge is 0.318 e. The number of aromatic nitrogens is 2. The number of benzene rings is 2. The molecule has 0 bridgehead atoms. The van der Waals surface area contributed by atoms with Gasteiger partial charge in [0.25, 0.3) is 11.8 Å². The summed E-state index contributed by atoms with van der Waals surface area (Å²) in [5.41, 5.74) is 2.07. The van der Waals surface area contributed by atoms with Crippen LogP contribution in [0.1, 0.15) is 66.8 Å². The normalized spacial score (nSPS) is 22.1. The van der Waals surface area contributed by atoms with Gasteiger partial charge in [-0.1, -0.05) is 37.2 Å². The average Bonchev–Trinajstić information content (AvgIpc) is 3.98. The van der Waals surface area contributed by atoms with E-state index < -0.39 is 17.5 Å². The first-order valence-corrected chi connectivity index (χ1v) is 17.1. The Hall–Kier alpha value is -4.94. The molecular weight excluding hydrogens is 626 g/mol. The van der Waals surface area contributed by atoms with E-state index in [-0.39, 0.29) is 47.8 Å². The van der Waals surface area contributed by atoms with E-state index in [4.69, 9.17) is 9.37 Å². The molecule has 0 spiro atoms. The second kappa shape index (κ2) is 12.8. The number of amides is 5. The largest absolute Gasteiger partial charge is 0.495 e. The molecule has 0 radical (unpaired) electrons. The van der Waals surface area contributed by atoms with E-state index in [0.29, 0.717) is 47.6 Å². The highest BCUT2D eigenvalue weighted by Crippen LogP contribution is 2.51. The molecule has 2 saturated carbocycles. The van der Waals surface area contributed by atoms with Gasteiger partial charge in [-0.2, -0.15) is 0 Å². The van der Waals surface area contributed by atoms with Crippen LogP contribution in [0, 0.1) is 30.6 Å². The first-order chi connectivity index (χ1) is 23.6. The summed E-state index contributed by atoms with van der Waals surface area (Å²) in [6.45, 7) is 6.12. The monoisotopic (exact) mass is 669 g/mol. The van der Waals surface area contributed by atoms with Crippen molar-refractivity contribution in [3.05, 3.63) is 65.0 Å². The summed E-state index contributed by atoms with van der Waals surface area (Å²) in [7, 11) is 1.54. The Morgan fingerprint density at radius 3 is 2.35 bits per heavy atom. The lowest BCUT2D eigenvalue weighted by molar-refractivity contribution is -0.125. The van der Waals surface area contributed by atoms with Crippen molar-refractivity contribution in [2.24, 2.45) is 23.7 Å². The molecular formula is C36H43N7O6. The van der Waals surface area contributed by atoms with Crippen LogP contribution in [0.5, 0.6) is 5.75 Å². The number of para-hydroxylation sites is 2. The van der Waals surface area contributed by atoms with E-state index in [2.05, 4.69) is 31.6 Å². The van der Waals surface area contributed by atoms with Gasteiger partial charge in [-0.05, 0) is 96.8 Å². The van der Waals surface area contributed by atoms with E-state index in [1.165, 1.54) is 0 Å². The summed E-state index contributed by atoms with van der Waals surface area (Å²) in [5.74, 6) is 0.374. The van der Waals surface area contributed by atoms with Crippen molar-refractivity contribution in [2.75, 3.05) is 24.3 Å². The molecule has 258 valence electrons. The van der Waals surface area contributed by atoms with E-state index in [1.54, 1.807) is 31.1 Å². The zero-order valence-corrected chi connectivity index (χ0v) is 28.2. The van der Waals surface area contributed by atoms with Crippen molar-refractivity contribution in [3.8, 4) is 5.75 Å². The van der Waals surface area contributed by atoms with Crippen LogP contribution in [0.3, 0.4) is 0 Å². The molecule has 5 amide bonds. The fourth-order valence-electron chi connectivity index (χ4n) is 7.60. The molecule has 3 atom stereocenters. The van der Waals surface area contributed by atoms with Crippen molar-refractivity contribution in [3.63, 3.8) is 0 Å². The number of urea groups is 1. The van der Waals surface area contributed by atoms with Gasteiger partial charge in [0.15, 0.2) is 5.69 Å². The number of ether oxygens (including phenoxy) is 1. The zero-order chi connectivity index (χ0) is 34.4. The molecule has 3 fully saturated rings. The average molecular weight is 670 g/mol. The molecule has 4 aliphatic rings. The minimum absolute atomic E-state index is 0.0208. The second-order valence-electron chi connectivity index (χ2n) is 14.3. The molecule has 1 aromatic heterocycles. The topological polar surface area (TPSA) is 168 Å². The maximum absolute atomic E-state index is 14.4. The van der Waals surface area contributed by atoms with Crippen LogP contribution in [0.4, 0.5) is 16.2 Å². The molecule has 13 heteroatoms. The number of nitrogens with zero attached hydrogens (tertiary/aromatic N) is 3. The van der Waals surface area contributed by atoms with Crippen molar-refractivity contribution in [1.29, 1.82) is 0 Å². The van der Waals surface area contributed by atoms with Crippen LogP contribution in [0.15, 0.2) is 47.1 Å². The number of aryl methyl sites for hydroxylation is 1. The van der Waals surface area contributed by atoms with Gasteiger partial charge < -0.3 is 30.9 Å². The third-order valence-electron chi connectivity index (χ3n) is 10.6. The SMILES string of the molecule is COc1ccccc1NC(=O)C1(N2C[C@@H](C(C)C)NC2=O)Cc2ccc(NC(=O)[C@@H](NC(=O)c3nonc3C)C(C3CC3)C3CC3)cc2C1. The van der Waals surface area contributed by atoms with Crippen molar-refractivity contribution in [1.82, 2.24) is 25.8 Å². The quantitative estimate of drug-likeness (QED) is 0.224. The summed E-state index contributed by atoms with van der Waals surface area (Å²) in [5, 5.41) is 19.6. The number of hydrogen-bond donors (Lipinski definition) is 4. The summed E-state index contributed by atoms with van der Waals surface area (Å²) >= 11 is 0. The molecule has 2 aromatic carbocycles. The molecule has 4 N–H and O–H groups in total. The summed E-state index contributed by atoms with van der Waals surface area (Å²) in [6, 6.07) is 11.7. The Bertz CT molecular complexity index is 1770. The molecule has 1 saturated heterocycles. The Labute approximate surface area is 284 Å². The number of nitrogens with one attached hydrogen (secondary N) is 4. The van der Waals surface area contributed by atoms with Crippen molar-refractivity contribution < 1.29 is 28.5 Å². The first-order valence-electron chi connectivity index (χ1n) is 17.1. The lowest BCUT2D eigenvalue weighted by Gasteiger charge is -2.37. The second-order valence-corrected chi connectivity index (χ2v) is 14.3. The molecule has 2 heterocycles. The molecule has 7 rings (SSSR count).